The number of aliphatic hydroxyl groups excluding tert-OH is 1. The Kier molecular flexibility index (Phi) is 1.74. The van der Waals surface area contributed by atoms with Crippen LogP contribution in [-0.2, 0) is 0 Å². The van der Waals surface area contributed by atoms with Crippen LogP contribution in [0.15, 0.2) is 0 Å². The van der Waals surface area contributed by atoms with Crippen LogP contribution < -0.4 is 0 Å². The first-order valence-electron chi connectivity index (χ1n) is 5.08. The van der Waals surface area contributed by atoms with Crippen molar-refractivity contribution in [3.63, 3.8) is 0 Å². The molecule has 0 aliphatic heterocycles. The van der Waals surface area contributed by atoms with Gasteiger partial charge in [0.15, 0.2) is 0 Å². The van der Waals surface area contributed by atoms with Gasteiger partial charge in [0, 0.05) is 3.92 Å². The highest BCUT2D eigenvalue weighted by molar-refractivity contribution is 14.1. The van der Waals surface area contributed by atoms with Gasteiger partial charge >= 0.3 is 0 Å². The van der Waals surface area contributed by atoms with E-state index in [0.29, 0.717) is 11.8 Å². The van der Waals surface area contributed by atoms with Crippen LogP contribution in [0.2, 0.25) is 0 Å². The predicted octanol–water partition coefficient (Wildman–Crippen LogP) is 2.22. The number of aliphatic hydroxyl groups is 1. The molecule has 0 amide bonds. The Morgan fingerprint density at radius 2 is 1.75 bits per heavy atom. The van der Waals surface area contributed by atoms with E-state index in [0.717, 1.165) is 15.8 Å². The maximum atomic E-state index is 9.99. The van der Waals surface area contributed by atoms with Gasteiger partial charge in [-0.25, -0.2) is 0 Å². The highest BCUT2D eigenvalue weighted by Crippen LogP contribution is 2.56. The minimum absolute atomic E-state index is 0.0553. The molecule has 12 heavy (non-hydrogen) atoms. The molecule has 4 aliphatic carbocycles. The van der Waals surface area contributed by atoms with Gasteiger partial charge in [0.05, 0.1) is 6.10 Å². The fourth-order valence-electron chi connectivity index (χ4n) is 3.81. The number of hydrogen-bond donors (Lipinski definition) is 1. The van der Waals surface area contributed by atoms with Crippen LogP contribution in [0.4, 0.5) is 0 Å². The molecule has 1 N–H and O–H groups in total. The van der Waals surface area contributed by atoms with Gasteiger partial charge in [0.25, 0.3) is 0 Å². The van der Waals surface area contributed by atoms with E-state index in [-0.39, 0.29) is 6.10 Å². The predicted molar refractivity (Wildman–Crippen MR) is 56.2 cm³/mol. The van der Waals surface area contributed by atoms with E-state index >= 15 is 0 Å². The van der Waals surface area contributed by atoms with E-state index in [1.807, 2.05) is 0 Å². The Balaban J connectivity index is 1.93. The van der Waals surface area contributed by atoms with Gasteiger partial charge in [0.2, 0.25) is 0 Å². The van der Waals surface area contributed by atoms with Crippen LogP contribution in [-0.4, -0.2) is 15.1 Å². The maximum absolute atomic E-state index is 9.99. The van der Waals surface area contributed by atoms with E-state index in [1.165, 1.54) is 25.7 Å². The summed E-state index contributed by atoms with van der Waals surface area (Å²) in [5, 5.41) is 9.99. The van der Waals surface area contributed by atoms with Gasteiger partial charge in [-0.1, -0.05) is 22.6 Å². The molecule has 0 radical (unpaired) electrons. The summed E-state index contributed by atoms with van der Waals surface area (Å²) < 4.78 is 0.783. The Labute approximate surface area is 87.1 Å². The number of hydrogen-bond acceptors (Lipinski definition) is 1. The van der Waals surface area contributed by atoms with Crippen molar-refractivity contribution in [2.45, 2.75) is 35.7 Å². The average molecular weight is 278 g/mol. The molecule has 0 heterocycles. The standard InChI is InChI=1S/C10H15IO/c11-9-6-1-5-2-7(4-6)10(12)8(9)3-5/h5-10,12H,1-4H2/t5?,6?,7?,8?,9-,10+/m1/s1. The SMILES string of the molecule is O[C@H]1C2CC3CC(C2)[C@@H](I)C1C3. The Hall–Kier alpha value is 0.690. The first-order chi connectivity index (χ1) is 5.75. The molecule has 0 aromatic rings. The van der Waals surface area contributed by atoms with Crippen molar-refractivity contribution in [1.82, 2.24) is 0 Å². The number of alkyl halides is 1. The topological polar surface area (TPSA) is 20.2 Å². The van der Waals surface area contributed by atoms with E-state index in [4.69, 9.17) is 0 Å². The summed E-state index contributed by atoms with van der Waals surface area (Å²) in [5.74, 6) is 3.27. The zero-order valence-electron chi connectivity index (χ0n) is 7.12. The molecule has 4 fully saturated rings. The van der Waals surface area contributed by atoms with E-state index in [9.17, 15) is 5.11 Å². The largest absolute Gasteiger partial charge is 0.393 e. The molecule has 4 unspecified atom stereocenters. The molecule has 1 nitrogen and oxygen atoms in total. The van der Waals surface area contributed by atoms with Crippen LogP contribution >= 0.6 is 22.6 Å². The second-order valence-corrected chi connectivity index (χ2v) is 6.37. The van der Waals surface area contributed by atoms with Crippen molar-refractivity contribution in [2.75, 3.05) is 0 Å². The molecule has 0 aromatic carbocycles. The smallest absolute Gasteiger partial charge is 0.0606 e. The van der Waals surface area contributed by atoms with Gasteiger partial charge in [-0.15, -0.1) is 0 Å². The Morgan fingerprint density at radius 3 is 2.58 bits per heavy atom. The quantitative estimate of drug-likeness (QED) is 0.532. The van der Waals surface area contributed by atoms with Crippen molar-refractivity contribution >= 4 is 22.6 Å². The average Bonchev–Trinajstić information content (AvgIpc) is 2.07. The molecule has 4 saturated carbocycles. The molecule has 0 aromatic heterocycles. The molecule has 68 valence electrons. The molecular weight excluding hydrogens is 263 g/mol. The molecule has 4 aliphatic rings. The molecule has 4 rings (SSSR count). The van der Waals surface area contributed by atoms with Crippen LogP contribution in [0.1, 0.15) is 25.7 Å². The summed E-state index contributed by atoms with van der Waals surface area (Å²) in [6.07, 6.45) is 5.49. The third-order valence-electron chi connectivity index (χ3n) is 4.26. The van der Waals surface area contributed by atoms with Crippen LogP contribution in [0, 0.1) is 23.7 Å². The van der Waals surface area contributed by atoms with Crippen LogP contribution in [0.25, 0.3) is 0 Å². The van der Waals surface area contributed by atoms with Gasteiger partial charge in [-0.3, -0.25) is 0 Å². The lowest BCUT2D eigenvalue weighted by atomic mass is 9.55. The highest BCUT2D eigenvalue weighted by Gasteiger charge is 2.52. The lowest BCUT2D eigenvalue weighted by molar-refractivity contribution is -0.0837. The van der Waals surface area contributed by atoms with Gasteiger partial charge < -0.3 is 5.11 Å². The van der Waals surface area contributed by atoms with Crippen molar-refractivity contribution in [2.24, 2.45) is 23.7 Å². The zero-order valence-corrected chi connectivity index (χ0v) is 9.28. The van der Waals surface area contributed by atoms with Crippen molar-refractivity contribution in [3.05, 3.63) is 0 Å². The third kappa shape index (κ3) is 0.939. The second kappa shape index (κ2) is 2.59. The molecule has 0 saturated heterocycles. The normalized spacial score (nSPS) is 62.5. The first-order valence-corrected chi connectivity index (χ1v) is 6.32. The maximum Gasteiger partial charge on any atom is 0.0606 e. The van der Waals surface area contributed by atoms with Gasteiger partial charge in [-0.2, -0.15) is 0 Å². The second-order valence-electron chi connectivity index (χ2n) is 4.93. The number of halogens is 1. The summed E-state index contributed by atoms with van der Waals surface area (Å²) in [6, 6.07) is 0. The zero-order chi connectivity index (χ0) is 8.29. The van der Waals surface area contributed by atoms with Gasteiger partial charge in [0.1, 0.15) is 0 Å². The lowest BCUT2D eigenvalue weighted by Crippen LogP contribution is -2.53. The highest BCUT2D eigenvalue weighted by atomic mass is 127. The van der Waals surface area contributed by atoms with E-state index in [2.05, 4.69) is 22.6 Å². The monoisotopic (exact) mass is 278 g/mol. The molecular formula is C10H15IO. The number of rotatable bonds is 0. The first kappa shape index (κ1) is 8.04. The van der Waals surface area contributed by atoms with E-state index < -0.39 is 0 Å². The minimum Gasteiger partial charge on any atom is -0.393 e. The Bertz CT molecular complexity index is 188. The summed E-state index contributed by atoms with van der Waals surface area (Å²) >= 11 is 2.58. The summed E-state index contributed by atoms with van der Waals surface area (Å²) in [7, 11) is 0. The molecule has 0 spiro atoms. The summed E-state index contributed by atoms with van der Waals surface area (Å²) in [6.45, 7) is 0. The summed E-state index contributed by atoms with van der Waals surface area (Å²) in [5.41, 5.74) is 0. The molecule has 2 heteroatoms. The van der Waals surface area contributed by atoms with Crippen molar-refractivity contribution in [3.8, 4) is 0 Å². The fourth-order valence-corrected chi connectivity index (χ4v) is 5.11. The fraction of sp³-hybridized carbons (Fsp3) is 1.00. The summed E-state index contributed by atoms with van der Waals surface area (Å²) in [4.78, 5) is 0. The Morgan fingerprint density at radius 1 is 1.00 bits per heavy atom. The van der Waals surface area contributed by atoms with Crippen LogP contribution in [0.3, 0.4) is 0 Å². The van der Waals surface area contributed by atoms with Crippen LogP contribution in [0.5, 0.6) is 0 Å². The minimum atomic E-state index is 0.0553. The van der Waals surface area contributed by atoms with Gasteiger partial charge in [-0.05, 0) is 49.4 Å². The van der Waals surface area contributed by atoms with Crippen molar-refractivity contribution in [1.29, 1.82) is 0 Å². The molecule has 4 bridgehead atoms. The van der Waals surface area contributed by atoms with Crippen molar-refractivity contribution < 1.29 is 5.11 Å². The molecule has 6 atom stereocenters. The van der Waals surface area contributed by atoms with E-state index in [1.54, 1.807) is 0 Å². The third-order valence-corrected chi connectivity index (χ3v) is 6.20. The lowest BCUT2D eigenvalue weighted by Gasteiger charge is -2.55.